The first-order chi connectivity index (χ1) is 7.87. The highest BCUT2D eigenvalue weighted by molar-refractivity contribution is 9.10. The molecule has 0 amide bonds. The van der Waals surface area contributed by atoms with Gasteiger partial charge in [0.05, 0.1) is 5.92 Å². The van der Waals surface area contributed by atoms with Crippen LogP contribution >= 0.6 is 15.9 Å². The van der Waals surface area contributed by atoms with E-state index in [4.69, 9.17) is 4.74 Å². The van der Waals surface area contributed by atoms with E-state index >= 15 is 0 Å². The fourth-order valence-electron chi connectivity index (χ4n) is 1.83. The number of ether oxygens (including phenoxy) is 1. The Morgan fingerprint density at radius 2 is 2.18 bits per heavy atom. The van der Waals surface area contributed by atoms with Gasteiger partial charge in [-0.1, -0.05) is 0 Å². The lowest BCUT2D eigenvalue weighted by atomic mass is 10.1. The SMILES string of the molecule is CC(C)(C)OC(=O)[C@@H]1C[C@H]1c1cncc(Br)c1. The number of rotatable bonds is 2. The average molecular weight is 298 g/mol. The molecule has 0 spiro atoms. The summed E-state index contributed by atoms with van der Waals surface area (Å²) in [4.78, 5) is 16.0. The van der Waals surface area contributed by atoms with Crippen LogP contribution in [0.4, 0.5) is 0 Å². The van der Waals surface area contributed by atoms with Gasteiger partial charge in [0.25, 0.3) is 0 Å². The molecule has 3 nitrogen and oxygen atoms in total. The summed E-state index contributed by atoms with van der Waals surface area (Å²) >= 11 is 3.39. The summed E-state index contributed by atoms with van der Waals surface area (Å²) < 4.78 is 6.32. The summed E-state index contributed by atoms with van der Waals surface area (Å²) in [6, 6.07) is 2.02. The minimum Gasteiger partial charge on any atom is -0.460 e. The van der Waals surface area contributed by atoms with E-state index in [1.807, 2.05) is 33.0 Å². The molecule has 1 aromatic heterocycles. The molecule has 1 aliphatic carbocycles. The summed E-state index contributed by atoms with van der Waals surface area (Å²) in [5.74, 6) is 0.183. The van der Waals surface area contributed by atoms with E-state index in [-0.39, 0.29) is 17.8 Å². The van der Waals surface area contributed by atoms with E-state index in [0.29, 0.717) is 0 Å². The standard InChI is InChI=1S/C13H16BrNO2/c1-13(2,3)17-12(16)11-5-10(11)8-4-9(14)7-15-6-8/h4,6-7,10-11H,5H2,1-3H3/t10-,11+/m0/s1. The number of carbonyl (C=O) groups excluding carboxylic acids is 1. The third kappa shape index (κ3) is 3.28. The highest BCUT2D eigenvalue weighted by Crippen LogP contribution is 2.48. The smallest absolute Gasteiger partial charge is 0.310 e. The Morgan fingerprint density at radius 1 is 1.47 bits per heavy atom. The molecule has 0 bridgehead atoms. The molecule has 2 rings (SSSR count). The topological polar surface area (TPSA) is 39.2 Å². The second kappa shape index (κ2) is 4.41. The fraction of sp³-hybridized carbons (Fsp3) is 0.538. The van der Waals surface area contributed by atoms with Gasteiger partial charge in [0.2, 0.25) is 0 Å². The molecule has 92 valence electrons. The van der Waals surface area contributed by atoms with E-state index in [0.717, 1.165) is 16.5 Å². The van der Waals surface area contributed by atoms with Crippen LogP contribution < -0.4 is 0 Å². The number of aromatic nitrogens is 1. The molecule has 2 atom stereocenters. The van der Waals surface area contributed by atoms with Crippen LogP contribution in [0.1, 0.15) is 38.7 Å². The molecule has 1 saturated carbocycles. The Labute approximate surface area is 110 Å². The third-order valence-corrected chi connectivity index (χ3v) is 3.09. The highest BCUT2D eigenvalue weighted by Gasteiger charge is 2.46. The van der Waals surface area contributed by atoms with Crippen LogP contribution in [0.2, 0.25) is 0 Å². The summed E-state index contributed by atoms with van der Waals surface area (Å²) in [5.41, 5.74) is 0.704. The van der Waals surface area contributed by atoms with Gasteiger partial charge in [0, 0.05) is 16.9 Å². The second-order valence-electron chi connectivity index (χ2n) is 5.42. The lowest BCUT2D eigenvalue weighted by Crippen LogP contribution is -2.25. The largest absolute Gasteiger partial charge is 0.460 e. The van der Waals surface area contributed by atoms with Crippen molar-refractivity contribution in [3.8, 4) is 0 Å². The predicted octanol–water partition coefficient (Wildman–Crippen LogP) is 3.29. The quantitative estimate of drug-likeness (QED) is 0.786. The van der Waals surface area contributed by atoms with E-state index in [1.165, 1.54) is 0 Å². The number of hydrogen-bond acceptors (Lipinski definition) is 3. The molecule has 0 unspecified atom stereocenters. The van der Waals surface area contributed by atoms with Gasteiger partial charge in [-0.3, -0.25) is 9.78 Å². The summed E-state index contributed by atoms with van der Waals surface area (Å²) in [5, 5.41) is 0. The van der Waals surface area contributed by atoms with Crippen LogP contribution in [0.25, 0.3) is 0 Å². The molecular weight excluding hydrogens is 282 g/mol. The number of pyridine rings is 1. The first kappa shape index (κ1) is 12.6. The molecule has 4 heteroatoms. The van der Waals surface area contributed by atoms with E-state index in [2.05, 4.69) is 20.9 Å². The monoisotopic (exact) mass is 297 g/mol. The lowest BCUT2D eigenvalue weighted by molar-refractivity contribution is -0.156. The van der Waals surface area contributed by atoms with Crippen molar-refractivity contribution in [3.05, 3.63) is 28.5 Å². The van der Waals surface area contributed by atoms with Crippen molar-refractivity contribution in [2.24, 2.45) is 5.92 Å². The van der Waals surface area contributed by atoms with Crippen molar-refractivity contribution < 1.29 is 9.53 Å². The summed E-state index contributed by atoms with van der Waals surface area (Å²) in [6.07, 6.45) is 4.43. The maximum Gasteiger partial charge on any atom is 0.310 e. The van der Waals surface area contributed by atoms with Crippen LogP contribution in [0.3, 0.4) is 0 Å². The molecule has 17 heavy (non-hydrogen) atoms. The first-order valence-corrected chi connectivity index (χ1v) is 6.49. The highest BCUT2D eigenvalue weighted by atomic mass is 79.9. The second-order valence-corrected chi connectivity index (χ2v) is 6.33. The number of carbonyl (C=O) groups is 1. The van der Waals surface area contributed by atoms with E-state index in [1.54, 1.807) is 6.20 Å². The fourth-order valence-corrected chi connectivity index (χ4v) is 2.21. The van der Waals surface area contributed by atoms with Gasteiger partial charge >= 0.3 is 5.97 Å². The Balaban J connectivity index is 1.99. The minimum atomic E-state index is -0.403. The Kier molecular flexibility index (Phi) is 3.25. The molecule has 1 aromatic rings. The molecule has 0 radical (unpaired) electrons. The first-order valence-electron chi connectivity index (χ1n) is 5.70. The van der Waals surface area contributed by atoms with Crippen LogP contribution in [0.5, 0.6) is 0 Å². The van der Waals surface area contributed by atoms with E-state index < -0.39 is 5.60 Å². The average Bonchev–Trinajstić information content (AvgIpc) is 2.94. The lowest BCUT2D eigenvalue weighted by Gasteiger charge is -2.19. The number of hydrogen-bond donors (Lipinski definition) is 0. The zero-order chi connectivity index (χ0) is 12.6. The zero-order valence-electron chi connectivity index (χ0n) is 10.2. The van der Waals surface area contributed by atoms with Gasteiger partial charge in [0.1, 0.15) is 5.60 Å². The molecule has 0 N–H and O–H groups in total. The maximum atomic E-state index is 11.8. The molecule has 1 aliphatic rings. The number of esters is 1. The maximum absolute atomic E-state index is 11.8. The minimum absolute atomic E-state index is 0.00493. The van der Waals surface area contributed by atoms with Crippen molar-refractivity contribution in [2.45, 2.75) is 38.7 Å². The van der Waals surface area contributed by atoms with E-state index in [9.17, 15) is 4.79 Å². The Bertz CT molecular complexity index is 439. The molecular formula is C13H16BrNO2. The zero-order valence-corrected chi connectivity index (χ0v) is 11.8. The van der Waals surface area contributed by atoms with Gasteiger partial charge in [-0.15, -0.1) is 0 Å². The Hall–Kier alpha value is -0.900. The summed E-state index contributed by atoms with van der Waals surface area (Å²) in [7, 11) is 0. The van der Waals surface area contributed by atoms with Crippen LogP contribution in [0, 0.1) is 5.92 Å². The number of halogens is 1. The number of nitrogens with zero attached hydrogens (tertiary/aromatic N) is 1. The normalized spacial score (nSPS) is 23.3. The van der Waals surface area contributed by atoms with Gasteiger partial charge < -0.3 is 4.74 Å². The van der Waals surface area contributed by atoms with Gasteiger partial charge in [-0.05, 0) is 60.7 Å². The third-order valence-electron chi connectivity index (χ3n) is 2.65. The van der Waals surface area contributed by atoms with Crippen LogP contribution in [0.15, 0.2) is 22.9 Å². The van der Waals surface area contributed by atoms with Crippen molar-refractivity contribution >= 4 is 21.9 Å². The molecule has 0 aliphatic heterocycles. The van der Waals surface area contributed by atoms with Crippen LogP contribution in [-0.2, 0) is 9.53 Å². The van der Waals surface area contributed by atoms with Crippen LogP contribution in [-0.4, -0.2) is 16.6 Å². The van der Waals surface area contributed by atoms with Crippen molar-refractivity contribution in [2.75, 3.05) is 0 Å². The van der Waals surface area contributed by atoms with Crippen molar-refractivity contribution in [3.63, 3.8) is 0 Å². The van der Waals surface area contributed by atoms with Gasteiger partial charge in [-0.25, -0.2) is 0 Å². The van der Waals surface area contributed by atoms with Crippen molar-refractivity contribution in [1.82, 2.24) is 4.98 Å². The van der Waals surface area contributed by atoms with Gasteiger partial charge in [-0.2, -0.15) is 0 Å². The van der Waals surface area contributed by atoms with Gasteiger partial charge in [0.15, 0.2) is 0 Å². The summed E-state index contributed by atoms with van der Waals surface area (Å²) in [6.45, 7) is 5.68. The predicted molar refractivity (Wildman–Crippen MR) is 68.6 cm³/mol. The Morgan fingerprint density at radius 3 is 2.76 bits per heavy atom. The molecule has 0 saturated heterocycles. The molecule has 1 heterocycles. The van der Waals surface area contributed by atoms with Crippen molar-refractivity contribution in [1.29, 1.82) is 0 Å². The molecule has 1 fully saturated rings. The molecule has 0 aromatic carbocycles.